The lowest BCUT2D eigenvalue weighted by Crippen LogP contribution is -2.35. The first-order chi connectivity index (χ1) is 17.7. The molecule has 37 heavy (non-hydrogen) atoms. The van der Waals surface area contributed by atoms with Crippen LogP contribution >= 0.6 is 0 Å². The topological polar surface area (TPSA) is 118 Å². The number of nitrogens with zero attached hydrogens (tertiary/aromatic N) is 5. The third kappa shape index (κ3) is 5.12. The molecule has 1 unspecified atom stereocenters. The summed E-state index contributed by atoms with van der Waals surface area (Å²) < 4.78 is 18.1. The van der Waals surface area contributed by atoms with Crippen molar-refractivity contribution in [2.75, 3.05) is 33.0 Å². The number of nitrogen functional groups attached to an aromatic ring is 1. The molecule has 10 heteroatoms. The number of carbonyl (C=O) groups is 1. The summed E-state index contributed by atoms with van der Waals surface area (Å²) in [5.74, 6) is 7.99. The van der Waals surface area contributed by atoms with Gasteiger partial charge in [0.15, 0.2) is 0 Å². The van der Waals surface area contributed by atoms with Gasteiger partial charge in [-0.25, -0.2) is 9.78 Å². The molecule has 2 aliphatic rings. The number of amides is 1. The Kier molecular flexibility index (Phi) is 6.31. The van der Waals surface area contributed by atoms with Gasteiger partial charge in [-0.1, -0.05) is 5.92 Å². The fourth-order valence-electron chi connectivity index (χ4n) is 4.59. The van der Waals surface area contributed by atoms with Crippen molar-refractivity contribution in [1.29, 1.82) is 0 Å². The van der Waals surface area contributed by atoms with Gasteiger partial charge in [0.1, 0.15) is 17.1 Å². The van der Waals surface area contributed by atoms with Gasteiger partial charge < -0.3 is 24.8 Å². The number of nitrogens with two attached hydrogens (primary N) is 1. The van der Waals surface area contributed by atoms with Crippen LogP contribution in [0.2, 0.25) is 0 Å². The van der Waals surface area contributed by atoms with E-state index in [0.29, 0.717) is 47.8 Å². The lowest BCUT2D eigenvalue weighted by Gasteiger charge is -2.24. The summed E-state index contributed by atoms with van der Waals surface area (Å²) in [6, 6.07) is 3.45. The Balaban J connectivity index is 1.55. The Hall–Kier alpha value is -4.00. The molecule has 0 aromatic carbocycles. The van der Waals surface area contributed by atoms with Crippen molar-refractivity contribution in [2.45, 2.75) is 57.6 Å². The Labute approximate surface area is 216 Å². The van der Waals surface area contributed by atoms with Crippen molar-refractivity contribution in [3.63, 3.8) is 0 Å². The van der Waals surface area contributed by atoms with Gasteiger partial charge in [-0.3, -0.25) is 4.68 Å². The van der Waals surface area contributed by atoms with E-state index in [1.165, 1.54) is 0 Å². The molecule has 3 aromatic heterocycles. The zero-order chi connectivity index (χ0) is 26.3. The minimum atomic E-state index is -0.548. The number of hydrogen-bond donors (Lipinski definition) is 1. The molecule has 0 radical (unpaired) electrons. The normalized spacial score (nSPS) is 17.4. The second-order valence-corrected chi connectivity index (χ2v) is 10.4. The van der Waals surface area contributed by atoms with Crippen molar-refractivity contribution in [2.24, 2.45) is 0 Å². The average molecular weight is 505 g/mol. The van der Waals surface area contributed by atoms with E-state index in [1.54, 1.807) is 31.3 Å². The van der Waals surface area contributed by atoms with Gasteiger partial charge >= 0.3 is 6.09 Å². The van der Waals surface area contributed by atoms with Gasteiger partial charge in [0.25, 0.3) is 0 Å². The number of pyridine rings is 2. The van der Waals surface area contributed by atoms with Crippen molar-refractivity contribution in [1.82, 2.24) is 24.6 Å². The first kappa shape index (κ1) is 24.7. The molecule has 1 atom stereocenters. The molecule has 1 amide bonds. The van der Waals surface area contributed by atoms with Gasteiger partial charge in [-0.15, -0.1) is 0 Å². The number of methoxy groups -OCH3 is 2. The smallest absolute Gasteiger partial charge is 0.410 e. The Morgan fingerprint density at radius 2 is 1.81 bits per heavy atom. The quantitative estimate of drug-likeness (QED) is 0.532. The number of likely N-dealkylation sites (tertiary alicyclic amines) is 1. The second kappa shape index (κ2) is 9.47. The lowest BCUT2D eigenvalue weighted by molar-refractivity contribution is 0.0288. The largest absolute Gasteiger partial charge is 0.481 e. The van der Waals surface area contributed by atoms with Gasteiger partial charge in [0.2, 0.25) is 11.8 Å². The van der Waals surface area contributed by atoms with Crippen LogP contribution in [-0.2, 0) is 4.74 Å². The highest BCUT2D eigenvalue weighted by molar-refractivity contribution is 5.95. The SMILES string of the molecule is COc1cc(C#Cc2nn(C3CCN(C(=O)OC(C)(C)C)C3)c3c(C4CC4)cnc(N)c23)cc(OC)n1. The number of hydrogen-bond acceptors (Lipinski definition) is 8. The van der Waals surface area contributed by atoms with Crippen LogP contribution in [0.3, 0.4) is 0 Å². The molecule has 10 nitrogen and oxygen atoms in total. The van der Waals surface area contributed by atoms with E-state index < -0.39 is 5.60 Å². The first-order valence-electron chi connectivity index (χ1n) is 12.4. The minimum absolute atomic E-state index is 0.0222. The molecule has 194 valence electrons. The molecule has 3 aromatic rings. The first-order valence-corrected chi connectivity index (χ1v) is 12.4. The fraction of sp³-hybridized carbons (Fsp3) is 0.481. The second-order valence-electron chi connectivity index (χ2n) is 10.4. The van der Waals surface area contributed by atoms with Crippen LogP contribution in [0.15, 0.2) is 18.3 Å². The molecule has 1 aliphatic carbocycles. The summed E-state index contributed by atoms with van der Waals surface area (Å²) in [5.41, 5.74) is 9.16. The maximum absolute atomic E-state index is 12.7. The van der Waals surface area contributed by atoms with Crippen LogP contribution in [0.4, 0.5) is 10.6 Å². The number of carbonyl (C=O) groups excluding carboxylic acids is 1. The van der Waals surface area contributed by atoms with Crippen molar-refractivity contribution >= 4 is 22.8 Å². The molecule has 1 saturated carbocycles. The predicted molar refractivity (Wildman–Crippen MR) is 139 cm³/mol. The van der Waals surface area contributed by atoms with Crippen molar-refractivity contribution in [3.05, 3.63) is 35.2 Å². The molecule has 0 spiro atoms. The third-order valence-electron chi connectivity index (χ3n) is 6.48. The molecule has 5 rings (SSSR count). The van der Waals surface area contributed by atoms with Crippen LogP contribution in [0, 0.1) is 11.8 Å². The number of anilines is 1. The number of rotatable bonds is 4. The molecule has 1 saturated heterocycles. The van der Waals surface area contributed by atoms with Crippen molar-refractivity contribution in [3.8, 4) is 23.6 Å². The highest BCUT2D eigenvalue weighted by atomic mass is 16.6. The number of fused-ring (bicyclic) bond motifs is 1. The maximum atomic E-state index is 12.7. The van der Waals surface area contributed by atoms with Crippen LogP contribution < -0.4 is 15.2 Å². The zero-order valence-electron chi connectivity index (χ0n) is 21.9. The fourth-order valence-corrected chi connectivity index (χ4v) is 4.59. The summed E-state index contributed by atoms with van der Waals surface area (Å²) >= 11 is 0. The van der Waals surface area contributed by atoms with Crippen LogP contribution in [0.1, 0.15) is 68.8 Å². The van der Waals surface area contributed by atoms with E-state index in [-0.39, 0.29) is 12.1 Å². The van der Waals surface area contributed by atoms with E-state index in [1.807, 2.05) is 31.6 Å². The average Bonchev–Trinajstić information content (AvgIpc) is 3.44. The summed E-state index contributed by atoms with van der Waals surface area (Å²) in [6.07, 6.45) is 4.53. The molecular formula is C27H32N6O4. The maximum Gasteiger partial charge on any atom is 0.410 e. The van der Waals surface area contributed by atoms with Gasteiger partial charge in [-0.2, -0.15) is 10.1 Å². The summed E-state index contributed by atoms with van der Waals surface area (Å²) in [7, 11) is 3.09. The van der Waals surface area contributed by atoms with Gasteiger partial charge in [-0.05, 0) is 57.4 Å². The van der Waals surface area contributed by atoms with Crippen LogP contribution in [0.25, 0.3) is 10.9 Å². The molecule has 0 bridgehead atoms. The predicted octanol–water partition coefficient (Wildman–Crippen LogP) is 3.88. The highest BCUT2D eigenvalue weighted by Gasteiger charge is 2.35. The third-order valence-corrected chi connectivity index (χ3v) is 6.48. The van der Waals surface area contributed by atoms with Crippen LogP contribution in [-0.4, -0.2) is 63.7 Å². The van der Waals surface area contributed by atoms with Crippen molar-refractivity contribution < 1.29 is 19.0 Å². The molecule has 2 N–H and O–H groups in total. The molecular weight excluding hydrogens is 472 g/mol. The van der Waals surface area contributed by atoms with E-state index in [2.05, 4.69) is 21.8 Å². The van der Waals surface area contributed by atoms with E-state index in [0.717, 1.165) is 35.7 Å². The summed E-state index contributed by atoms with van der Waals surface area (Å²) in [5, 5.41) is 5.69. The lowest BCUT2D eigenvalue weighted by atomic mass is 10.1. The number of ether oxygens (including phenoxy) is 3. The molecule has 4 heterocycles. The Bertz CT molecular complexity index is 1390. The zero-order valence-corrected chi connectivity index (χ0v) is 21.9. The number of aromatic nitrogens is 4. The molecule has 2 fully saturated rings. The summed E-state index contributed by atoms with van der Waals surface area (Å²) in [4.78, 5) is 23.2. The van der Waals surface area contributed by atoms with Crippen LogP contribution in [0.5, 0.6) is 11.8 Å². The monoisotopic (exact) mass is 504 g/mol. The molecule has 1 aliphatic heterocycles. The van der Waals surface area contributed by atoms with Gasteiger partial charge in [0.05, 0.1) is 31.2 Å². The highest BCUT2D eigenvalue weighted by Crippen LogP contribution is 2.45. The Morgan fingerprint density at radius 3 is 2.43 bits per heavy atom. The van der Waals surface area contributed by atoms with E-state index in [4.69, 9.17) is 25.0 Å². The van der Waals surface area contributed by atoms with E-state index in [9.17, 15) is 4.79 Å². The Morgan fingerprint density at radius 1 is 1.11 bits per heavy atom. The van der Waals surface area contributed by atoms with E-state index >= 15 is 0 Å². The standard InChI is InChI=1S/C27H32N6O4/c1-27(2,3)37-26(34)32-11-10-18(15-32)33-24-19(17-7-8-17)14-29-25(28)23(24)20(31-33)9-6-16-12-21(35-4)30-22(13-16)36-5/h12-14,17-18H,7-8,10-11,15H2,1-5H3,(H2,28,29). The van der Waals surface area contributed by atoms with Gasteiger partial charge in [0, 0.05) is 37.0 Å². The summed E-state index contributed by atoms with van der Waals surface area (Å²) in [6.45, 7) is 6.71. The minimum Gasteiger partial charge on any atom is -0.481 e.